The van der Waals surface area contributed by atoms with Gasteiger partial charge >= 0.3 is 0 Å². The van der Waals surface area contributed by atoms with Crippen LogP contribution >= 0.6 is 12.4 Å². The van der Waals surface area contributed by atoms with Crippen LogP contribution in [0.5, 0.6) is 0 Å². The van der Waals surface area contributed by atoms with E-state index in [4.69, 9.17) is 17.0 Å². The average molecular weight is 393 g/mol. The molecule has 0 aromatic rings. The van der Waals surface area contributed by atoms with Crippen molar-refractivity contribution in [2.75, 3.05) is 6.54 Å². The van der Waals surface area contributed by atoms with Crippen molar-refractivity contribution < 1.29 is 0 Å². The van der Waals surface area contributed by atoms with Gasteiger partial charge in [-0.25, -0.2) is 5.84 Å². The van der Waals surface area contributed by atoms with Gasteiger partial charge in [0.05, 0.1) is 0 Å². The predicted octanol–water partition coefficient (Wildman–Crippen LogP) is 6.77. The molecule has 0 heterocycles. The van der Waals surface area contributed by atoms with Gasteiger partial charge in [0.1, 0.15) is 0 Å². The van der Waals surface area contributed by atoms with E-state index in [1.54, 1.807) is 0 Å². The summed E-state index contributed by atoms with van der Waals surface area (Å²) in [6, 6.07) is 0. The molecule has 0 saturated carbocycles. The molecule has 4 nitrogen and oxygen atoms in total. The fraction of sp³-hybridized carbons (Fsp3) is 0.952. The number of unbranched alkanes of at least 4 members (excludes halogenated alkanes) is 15. The zero-order chi connectivity index (χ0) is 19.2. The lowest BCUT2D eigenvalue weighted by atomic mass is 10.0. The molecule has 0 aromatic carbocycles. The van der Waals surface area contributed by atoms with E-state index in [0.29, 0.717) is 6.54 Å². The van der Waals surface area contributed by atoms with Gasteiger partial charge in [0.15, 0.2) is 0 Å². The number of nitrogens with two attached hydrogens (primary N) is 2. The van der Waals surface area contributed by atoms with Crippen molar-refractivity contribution in [2.45, 2.75) is 124 Å². The Labute approximate surface area is 170 Å². The largest absolute Gasteiger partial charge is 0.369 e. The van der Waals surface area contributed by atoms with Crippen molar-refractivity contribution >= 4 is 18.4 Å². The van der Waals surface area contributed by atoms with Crippen LogP contribution in [0.4, 0.5) is 0 Å². The number of hydrogen-bond donors (Lipinski definition) is 3. The Kier molecular flexibility index (Phi) is 31.1. The van der Waals surface area contributed by atoms with E-state index in [1.165, 1.54) is 103 Å². The number of hydrogen-bond acceptors (Lipinski definition) is 2. The molecule has 0 spiro atoms. The molecule has 5 N–H and O–H groups in total. The lowest BCUT2D eigenvalue weighted by Crippen LogP contribution is -2.41. The number of rotatable bonds is 16. The first-order chi connectivity index (χ1) is 12.1. The zero-order valence-electron chi connectivity index (χ0n) is 18.0. The van der Waals surface area contributed by atoms with Crippen LogP contribution < -0.4 is 11.6 Å². The highest BCUT2D eigenvalue weighted by molar-refractivity contribution is 5.85. The summed E-state index contributed by atoms with van der Waals surface area (Å²) in [6.45, 7) is 6.99. The summed E-state index contributed by atoms with van der Waals surface area (Å²) in [6.07, 6.45) is 23.4. The van der Waals surface area contributed by atoms with Crippen LogP contribution in [-0.4, -0.2) is 17.5 Å². The predicted molar refractivity (Wildman–Crippen MR) is 121 cm³/mol. The molecule has 0 aliphatic rings. The third-order valence-electron chi connectivity index (χ3n) is 4.61. The molecule has 0 atom stereocenters. The van der Waals surface area contributed by atoms with E-state index >= 15 is 0 Å². The van der Waals surface area contributed by atoms with E-state index in [1.807, 2.05) is 6.92 Å². The number of nitrogens with one attached hydrogen (secondary N) is 1. The first-order valence-corrected chi connectivity index (χ1v) is 11.0. The molecule has 0 aliphatic heterocycles. The van der Waals surface area contributed by atoms with Gasteiger partial charge in [-0.15, -0.1) is 12.4 Å². The first kappa shape index (κ1) is 30.3. The van der Waals surface area contributed by atoms with Crippen LogP contribution in [0.1, 0.15) is 124 Å². The minimum Gasteiger partial charge on any atom is -0.369 e. The fourth-order valence-corrected chi connectivity index (χ4v) is 2.79. The molecule has 5 heteroatoms. The molecule has 0 aliphatic carbocycles. The Balaban J connectivity index is -0.000000561. The Bertz CT molecular complexity index is 246. The number of guanidine groups is 1. The monoisotopic (exact) mass is 392 g/mol. The quantitative estimate of drug-likeness (QED) is 0.0891. The van der Waals surface area contributed by atoms with Crippen molar-refractivity contribution in [2.24, 2.45) is 11.6 Å². The third kappa shape index (κ3) is 28.3. The summed E-state index contributed by atoms with van der Waals surface area (Å²) < 4.78 is 0. The molecule has 0 rings (SSSR count). The molecule has 0 saturated heterocycles. The van der Waals surface area contributed by atoms with Gasteiger partial charge in [-0.3, -0.25) is 10.4 Å². The van der Waals surface area contributed by atoms with Crippen molar-refractivity contribution in [3.63, 3.8) is 0 Å². The Hall–Kier alpha value is -0.480. The van der Waals surface area contributed by atoms with Crippen molar-refractivity contribution in [3.8, 4) is 0 Å². The maximum absolute atomic E-state index is 6.68. The maximum Gasteiger partial charge on any atom is 0.202 e. The van der Waals surface area contributed by atoms with E-state index in [2.05, 4.69) is 13.8 Å². The highest BCUT2D eigenvalue weighted by Gasteiger charge is 1.93. The van der Waals surface area contributed by atoms with Crippen molar-refractivity contribution in [3.05, 3.63) is 0 Å². The van der Waals surface area contributed by atoms with E-state index < -0.39 is 0 Å². The lowest BCUT2D eigenvalue weighted by molar-refractivity contribution is 0.457. The van der Waals surface area contributed by atoms with Crippen LogP contribution in [0.2, 0.25) is 0 Å². The molecule has 0 fully saturated rings. The van der Waals surface area contributed by atoms with Crippen LogP contribution in [-0.2, 0) is 0 Å². The Morgan fingerprint density at radius 3 is 0.962 bits per heavy atom. The van der Waals surface area contributed by atoms with Crippen LogP contribution in [0.3, 0.4) is 0 Å². The standard InChI is InChI=1S/C18H38.C3H10N4.ClH/c1-3-5-7-9-11-13-15-17-18-16-14-12-10-8-6-4-2;1-2-7(6)3(4)5;/h3-18H2,1-2H3;2,6H2,1H3,(H3,4,5);1H. The number of hydrazine groups is 1. The van der Waals surface area contributed by atoms with Gasteiger partial charge in [-0.2, -0.15) is 0 Å². The Morgan fingerprint density at radius 1 is 0.615 bits per heavy atom. The summed E-state index contributed by atoms with van der Waals surface area (Å²) in [5, 5.41) is 7.83. The van der Waals surface area contributed by atoms with Gasteiger partial charge in [0.2, 0.25) is 5.96 Å². The van der Waals surface area contributed by atoms with Gasteiger partial charge in [0.25, 0.3) is 0 Å². The zero-order valence-corrected chi connectivity index (χ0v) is 18.8. The molecule has 0 radical (unpaired) electrons. The number of halogens is 1. The highest BCUT2D eigenvalue weighted by Crippen LogP contribution is 2.13. The summed E-state index contributed by atoms with van der Waals surface area (Å²) in [4.78, 5) is 0. The van der Waals surface area contributed by atoms with Crippen molar-refractivity contribution in [1.82, 2.24) is 5.01 Å². The van der Waals surface area contributed by atoms with Gasteiger partial charge < -0.3 is 5.73 Å². The average Bonchev–Trinajstić information content (AvgIpc) is 2.61. The normalized spacial score (nSPS) is 9.85. The Morgan fingerprint density at radius 2 is 0.846 bits per heavy atom. The van der Waals surface area contributed by atoms with E-state index in [0.717, 1.165) is 5.01 Å². The molecule has 0 aromatic heterocycles. The molecule has 0 unspecified atom stereocenters. The second-order valence-electron chi connectivity index (χ2n) is 7.12. The maximum atomic E-state index is 6.68. The van der Waals surface area contributed by atoms with Crippen LogP contribution in [0.25, 0.3) is 0 Å². The van der Waals surface area contributed by atoms with Crippen molar-refractivity contribution in [1.29, 1.82) is 5.41 Å². The van der Waals surface area contributed by atoms with Gasteiger partial charge in [-0.05, 0) is 6.92 Å². The summed E-state index contributed by atoms with van der Waals surface area (Å²) in [7, 11) is 0. The molecule has 160 valence electrons. The van der Waals surface area contributed by atoms with E-state index in [-0.39, 0.29) is 18.4 Å². The lowest BCUT2D eigenvalue weighted by Gasteiger charge is -2.11. The minimum atomic E-state index is -0.0949. The van der Waals surface area contributed by atoms with Crippen LogP contribution in [0.15, 0.2) is 0 Å². The summed E-state index contributed by atoms with van der Waals surface area (Å²) in [5.74, 6) is 5.00. The molecule has 26 heavy (non-hydrogen) atoms. The topological polar surface area (TPSA) is 79.1 Å². The third-order valence-corrected chi connectivity index (χ3v) is 4.61. The first-order valence-electron chi connectivity index (χ1n) is 11.0. The second-order valence-corrected chi connectivity index (χ2v) is 7.12. The molecular weight excluding hydrogens is 344 g/mol. The van der Waals surface area contributed by atoms with Crippen LogP contribution in [0, 0.1) is 5.41 Å². The SMILES string of the molecule is CCCCCCCCCCCCCCCCCC.CCN(N)C(=N)N.Cl. The molecule has 0 bridgehead atoms. The minimum absolute atomic E-state index is 0. The summed E-state index contributed by atoms with van der Waals surface area (Å²) >= 11 is 0. The van der Waals surface area contributed by atoms with Gasteiger partial charge in [0, 0.05) is 6.54 Å². The number of nitrogens with zero attached hydrogens (tertiary/aromatic N) is 1. The molecule has 0 amide bonds. The smallest absolute Gasteiger partial charge is 0.202 e. The van der Waals surface area contributed by atoms with Gasteiger partial charge in [-0.1, -0.05) is 117 Å². The summed E-state index contributed by atoms with van der Waals surface area (Å²) in [5.41, 5.74) is 4.93. The second kappa shape index (κ2) is 26.7. The highest BCUT2D eigenvalue weighted by atomic mass is 35.5. The van der Waals surface area contributed by atoms with E-state index in [9.17, 15) is 0 Å². The molecular formula is C21H49ClN4. The fourth-order valence-electron chi connectivity index (χ4n) is 2.79.